The summed E-state index contributed by atoms with van der Waals surface area (Å²) in [4.78, 5) is 4.16. The first kappa shape index (κ1) is 12.6. The Morgan fingerprint density at radius 3 is 2.74 bits per heavy atom. The number of rotatable bonds is 2. The van der Waals surface area contributed by atoms with Crippen molar-refractivity contribution >= 4 is 33.4 Å². The third-order valence-electron chi connectivity index (χ3n) is 3.26. The predicted octanol–water partition coefficient (Wildman–Crippen LogP) is 3.89. The lowest BCUT2D eigenvalue weighted by Gasteiger charge is -2.15. The van der Waals surface area contributed by atoms with E-state index < -0.39 is 0 Å². The zero-order valence-electron chi connectivity index (χ0n) is 10.3. The van der Waals surface area contributed by atoms with Crippen LogP contribution in [0.5, 0.6) is 0 Å². The van der Waals surface area contributed by atoms with E-state index in [2.05, 4.69) is 57.9 Å². The molecule has 19 heavy (non-hydrogen) atoms. The van der Waals surface area contributed by atoms with Crippen LogP contribution in [0.4, 0.5) is 0 Å². The van der Waals surface area contributed by atoms with Crippen molar-refractivity contribution in [2.45, 2.75) is 6.04 Å². The van der Waals surface area contributed by atoms with Gasteiger partial charge in [0.05, 0.1) is 6.04 Å². The molecule has 0 bridgehead atoms. The number of hydrogen-bond acceptors (Lipinski definition) is 2. The first-order valence-electron chi connectivity index (χ1n) is 6.09. The van der Waals surface area contributed by atoms with Crippen LogP contribution in [0.1, 0.15) is 17.2 Å². The largest absolute Gasteiger partial charge is 0.320 e. The minimum Gasteiger partial charge on any atom is -0.320 e. The van der Waals surface area contributed by atoms with Gasteiger partial charge >= 0.3 is 0 Å². The smallest absolute Gasteiger partial charge is 0.0558 e. The van der Waals surface area contributed by atoms with Crippen molar-refractivity contribution in [2.24, 2.45) is 5.73 Å². The van der Waals surface area contributed by atoms with Gasteiger partial charge in [-0.15, -0.1) is 0 Å². The monoisotopic (exact) mass is 360 g/mol. The van der Waals surface area contributed by atoms with E-state index >= 15 is 0 Å². The lowest BCUT2D eigenvalue weighted by Crippen LogP contribution is -2.12. The second-order valence-corrected chi connectivity index (χ2v) is 5.72. The van der Waals surface area contributed by atoms with Crippen LogP contribution in [-0.2, 0) is 0 Å². The highest BCUT2D eigenvalue weighted by molar-refractivity contribution is 14.1. The van der Waals surface area contributed by atoms with E-state index in [0.717, 1.165) is 16.5 Å². The maximum absolute atomic E-state index is 6.43. The van der Waals surface area contributed by atoms with Crippen molar-refractivity contribution in [3.05, 3.63) is 75.6 Å². The summed E-state index contributed by atoms with van der Waals surface area (Å²) >= 11 is 2.31. The summed E-state index contributed by atoms with van der Waals surface area (Å²) in [5.74, 6) is 0. The summed E-state index contributed by atoms with van der Waals surface area (Å²) < 4.78 is 1.20. The number of benzene rings is 2. The summed E-state index contributed by atoms with van der Waals surface area (Å²) in [6, 6.07) is 16.4. The highest BCUT2D eigenvalue weighted by atomic mass is 127. The number of nitrogens with two attached hydrogens (primary N) is 1. The van der Waals surface area contributed by atoms with E-state index in [1.54, 1.807) is 0 Å². The molecule has 3 rings (SSSR count). The fourth-order valence-corrected chi connectivity index (χ4v) is 2.87. The molecule has 0 radical (unpaired) electrons. The van der Waals surface area contributed by atoms with E-state index in [-0.39, 0.29) is 6.04 Å². The number of aromatic nitrogens is 1. The second kappa shape index (κ2) is 5.27. The third-order valence-corrected chi connectivity index (χ3v) is 3.93. The Kier molecular flexibility index (Phi) is 3.48. The van der Waals surface area contributed by atoms with Gasteiger partial charge in [0.15, 0.2) is 0 Å². The zero-order valence-corrected chi connectivity index (χ0v) is 12.4. The van der Waals surface area contributed by atoms with Gasteiger partial charge in [-0.1, -0.05) is 30.3 Å². The van der Waals surface area contributed by atoms with E-state index in [0.29, 0.717) is 0 Å². The molecule has 1 heterocycles. The molecule has 94 valence electrons. The van der Waals surface area contributed by atoms with Crippen molar-refractivity contribution in [3.8, 4) is 0 Å². The average molecular weight is 360 g/mol. The molecular formula is C16H13IN2. The standard InChI is InChI=1S/C16H13IN2/c17-13-5-1-3-11(9-13)16(18)15-6-2-4-12-10-19-8-7-14(12)15/h1-10,16H,18H2. The Bertz CT molecular complexity index is 719. The van der Waals surface area contributed by atoms with Crippen molar-refractivity contribution < 1.29 is 0 Å². The highest BCUT2D eigenvalue weighted by Crippen LogP contribution is 2.27. The SMILES string of the molecule is NC(c1cccc(I)c1)c1cccc2cnccc12. The van der Waals surface area contributed by atoms with Crippen LogP contribution >= 0.6 is 22.6 Å². The van der Waals surface area contributed by atoms with Crippen LogP contribution in [0.15, 0.2) is 60.9 Å². The normalized spacial score (nSPS) is 12.5. The first-order chi connectivity index (χ1) is 9.25. The molecule has 0 aliphatic rings. The lowest BCUT2D eigenvalue weighted by molar-refractivity contribution is 0.879. The van der Waals surface area contributed by atoms with Gasteiger partial charge in [-0.25, -0.2) is 0 Å². The van der Waals surface area contributed by atoms with Crippen LogP contribution < -0.4 is 5.73 Å². The van der Waals surface area contributed by atoms with Gasteiger partial charge < -0.3 is 5.73 Å². The molecule has 0 saturated heterocycles. The molecule has 0 spiro atoms. The highest BCUT2D eigenvalue weighted by Gasteiger charge is 2.12. The Morgan fingerprint density at radius 1 is 1.05 bits per heavy atom. The number of pyridine rings is 1. The van der Waals surface area contributed by atoms with Crippen LogP contribution in [0.2, 0.25) is 0 Å². The number of halogens is 1. The number of nitrogens with zero attached hydrogens (tertiary/aromatic N) is 1. The van der Waals surface area contributed by atoms with E-state index in [1.165, 1.54) is 8.96 Å². The Balaban J connectivity index is 2.14. The third kappa shape index (κ3) is 2.48. The van der Waals surface area contributed by atoms with Crippen molar-refractivity contribution in [1.82, 2.24) is 4.98 Å². The minimum atomic E-state index is -0.110. The van der Waals surface area contributed by atoms with Crippen molar-refractivity contribution in [1.29, 1.82) is 0 Å². The second-order valence-electron chi connectivity index (χ2n) is 4.48. The molecule has 3 heteroatoms. The summed E-state index contributed by atoms with van der Waals surface area (Å²) in [5.41, 5.74) is 8.70. The summed E-state index contributed by atoms with van der Waals surface area (Å²) in [5, 5.41) is 2.30. The minimum absolute atomic E-state index is 0.110. The van der Waals surface area contributed by atoms with Crippen LogP contribution in [0, 0.1) is 3.57 Å². The fraction of sp³-hybridized carbons (Fsp3) is 0.0625. The molecule has 3 aromatic rings. The summed E-state index contributed by atoms with van der Waals surface area (Å²) in [6.45, 7) is 0. The molecule has 0 aliphatic carbocycles. The maximum Gasteiger partial charge on any atom is 0.0558 e. The number of hydrogen-bond donors (Lipinski definition) is 1. The molecule has 0 saturated carbocycles. The molecule has 0 aliphatic heterocycles. The van der Waals surface area contributed by atoms with E-state index in [9.17, 15) is 0 Å². The molecule has 0 amide bonds. The van der Waals surface area contributed by atoms with Gasteiger partial charge in [0, 0.05) is 21.4 Å². The maximum atomic E-state index is 6.43. The van der Waals surface area contributed by atoms with Gasteiger partial charge in [0.1, 0.15) is 0 Å². The Morgan fingerprint density at radius 2 is 1.89 bits per heavy atom. The average Bonchev–Trinajstić information content (AvgIpc) is 2.46. The molecular weight excluding hydrogens is 347 g/mol. The molecule has 1 atom stereocenters. The van der Waals surface area contributed by atoms with Crippen LogP contribution in [0.3, 0.4) is 0 Å². The summed E-state index contributed by atoms with van der Waals surface area (Å²) in [7, 11) is 0. The van der Waals surface area contributed by atoms with Crippen LogP contribution in [0.25, 0.3) is 10.8 Å². The quantitative estimate of drug-likeness (QED) is 0.705. The van der Waals surface area contributed by atoms with Crippen LogP contribution in [-0.4, -0.2) is 4.98 Å². The summed E-state index contributed by atoms with van der Waals surface area (Å²) in [6.07, 6.45) is 3.69. The molecule has 2 N–H and O–H groups in total. The van der Waals surface area contributed by atoms with Crippen molar-refractivity contribution in [3.63, 3.8) is 0 Å². The van der Waals surface area contributed by atoms with Gasteiger partial charge in [-0.2, -0.15) is 0 Å². The Labute approximate surface area is 125 Å². The van der Waals surface area contributed by atoms with E-state index in [4.69, 9.17) is 5.73 Å². The Hall–Kier alpha value is -1.46. The van der Waals surface area contributed by atoms with Gasteiger partial charge in [-0.3, -0.25) is 4.98 Å². The van der Waals surface area contributed by atoms with Gasteiger partial charge in [-0.05, 0) is 57.3 Å². The molecule has 2 aromatic carbocycles. The first-order valence-corrected chi connectivity index (χ1v) is 7.17. The molecule has 2 nitrogen and oxygen atoms in total. The van der Waals surface area contributed by atoms with E-state index in [1.807, 2.05) is 30.6 Å². The fourth-order valence-electron chi connectivity index (χ4n) is 2.30. The zero-order chi connectivity index (χ0) is 13.2. The van der Waals surface area contributed by atoms with Gasteiger partial charge in [0.2, 0.25) is 0 Å². The topological polar surface area (TPSA) is 38.9 Å². The molecule has 1 aromatic heterocycles. The molecule has 0 fully saturated rings. The molecule has 1 unspecified atom stereocenters. The van der Waals surface area contributed by atoms with Gasteiger partial charge in [0.25, 0.3) is 0 Å². The number of fused-ring (bicyclic) bond motifs is 1. The predicted molar refractivity (Wildman–Crippen MR) is 86.9 cm³/mol. The van der Waals surface area contributed by atoms with Crippen molar-refractivity contribution in [2.75, 3.05) is 0 Å². The lowest BCUT2D eigenvalue weighted by atomic mass is 9.95.